The van der Waals surface area contributed by atoms with E-state index in [9.17, 15) is 4.79 Å². The standard InChI is InChI=1S/C20H23NO3/c1-14-7-4-5-8-15(14)13-20(2,3)21-19(22)16-9-6-10-17-18(16)24-12-11-23-17/h4-10H,11-13H2,1-3H3,(H,21,22). The lowest BCUT2D eigenvalue weighted by molar-refractivity contribution is 0.0902. The Morgan fingerprint density at radius 1 is 1.08 bits per heavy atom. The molecule has 0 saturated heterocycles. The van der Waals surface area contributed by atoms with E-state index < -0.39 is 0 Å². The Labute approximate surface area is 142 Å². The molecular weight excluding hydrogens is 302 g/mol. The van der Waals surface area contributed by atoms with E-state index in [-0.39, 0.29) is 11.4 Å². The highest BCUT2D eigenvalue weighted by Crippen LogP contribution is 2.33. The first kappa shape index (κ1) is 16.4. The molecule has 0 atom stereocenters. The van der Waals surface area contributed by atoms with Crippen LogP contribution in [-0.4, -0.2) is 24.7 Å². The summed E-state index contributed by atoms with van der Waals surface area (Å²) in [5.41, 5.74) is 2.61. The minimum Gasteiger partial charge on any atom is -0.486 e. The molecule has 0 radical (unpaired) electrons. The molecule has 1 aliphatic rings. The Kier molecular flexibility index (Phi) is 4.47. The monoisotopic (exact) mass is 325 g/mol. The maximum atomic E-state index is 12.8. The van der Waals surface area contributed by atoms with E-state index in [1.807, 2.05) is 38.1 Å². The molecule has 0 aromatic heterocycles. The second-order valence-electron chi connectivity index (χ2n) is 6.77. The molecule has 4 nitrogen and oxygen atoms in total. The van der Waals surface area contributed by atoms with Gasteiger partial charge in [-0.15, -0.1) is 0 Å². The number of amides is 1. The first-order valence-electron chi connectivity index (χ1n) is 8.22. The fraction of sp³-hybridized carbons (Fsp3) is 0.350. The zero-order valence-corrected chi connectivity index (χ0v) is 14.4. The summed E-state index contributed by atoms with van der Waals surface area (Å²) < 4.78 is 11.2. The van der Waals surface area contributed by atoms with E-state index in [0.29, 0.717) is 30.3 Å². The number of fused-ring (bicyclic) bond motifs is 1. The van der Waals surface area contributed by atoms with Crippen LogP contribution in [0.5, 0.6) is 11.5 Å². The van der Waals surface area contributed by atoms with Crippen LogP contribution in [0.4, 0.5) is 0 Å². The van der Waals surface area contributed by atoms with E-state index in [1.165, 1.54) is 11.1 Å². The quantitative estimate of drug-likeness (QED) is 0.935. The highest BCUT2D eigenvalue weighted by Gasteiger charge is 2.26. The number of benzene rings is 2. The third-order valence-electron chi connectivity index (χ3n) is 4.16. The van der Waals surface area contributed by atoms with Crippen LogP contribution < -0.4 is 14.8 Å². The van der Waals surface area contributed by atoms with Crippen molar-refractivity contribution in [3.05, 3.63) is 59.2 Å². The van der Waals surface area contributed by atoms with E-state index in [0.717, 1.165) is 6.42 Å². The first-order valence-corrected chi connectivity index (χ1v) is 8.22. The minimum atomic E-state index is -0.374. The van der Waals surface area contributed by atoms with Crippen LogP contribution in [0.25, 0.3) is 0 Å². The van der Waals surface area contributed by atoms with Gasteiger partial charge in [-0.2, -0.15) is 0 Å². The predicted molar refractivity (Wildman–Crippen MR) is 93.9 cm³/mol. The average Bonchev–Trinajstić information content (AvgIpc) is 2.56. The lowest BCUT2D eigenvalue weighted by Crippen LogP contribution is -2.45. The number of hydrogen-bond acceptors (Lipinski definition) is 3. The SMILES string of the molecule is Cc1ccccc1CC(C)(C)NC(=O)c1cccc2c1OCCO2. The number of para-hydroxylation sites is 1. The predicted octanol–water partition coefficient (Wildman–Crippen LogP) is 3.52. The molecule has 1 N–H and O–H groups in total. The van der Waals surface area contributed by atoms with Gasteiger partial charge in [0.2, 0.25) is 0 Å². The molecule has 0 unspecified atom stereocenters. The fourth-order valence-electron chi connectivity index (χ4n) is 2.96. The lowest BCUT2D eigenvalue weighted by Gasteiger charge is -2.28. The molecule has 1 amide bonds. The van der Waals surface area contributed by atoms with Gasteiger partial charge < -0.3 is 14.8 Å². The number of ether oxygens (including phenoxy) is 2. The third kappa shape index (κ3) is 3.53. The lowest BCUT2D eigenvalue weighted by atomic mass is 9.92. The molecule has 24 heavy (non-hydrogen) atoms. The molecule has 3 rings (SSSR count). The smallest absolute Gasteiger partial charge is 0.255 e. The Balaban J connectivity index is 1.78. The van der Waals surface area contributed by atoms with Gasteiger partial charge in [0.25, 0.3) is 5.91 Å². The topological polar surface area (TPSA) is 47.6 Å². The Morgan fingerprint density at radius 2 is 1.83 bits per heavy atom. The van der Waals surface area contributed by atoms with Crippen molar-refractivity contribution in [3.8, 4) is 11.5 Å². The van der Waals surface area contributed by atoms with Gasteiger partial charge >= 0.3 is 0 Å². The van der Waals surface area contributed by atoms with Crippen LogP contribution in [0.2, 0.25) is 0 Å². The molecule has 2 aromatic carbocycles. The van der Waals surface area contributed by atoms with Gasteiger partial charge in [-0.1, -0.05) is 30.3 Å². The Bertz CT molecular complexity index is 752. The summed E-state index contributed by atoms with van der Waals surface area (Å²) in [7, 11) is 0. The minimum absolute atomic E-state index is 0.143. The number of carbonyl (C=O) groups is 1. The summed E-state index contributed by atoms with van der Waals surface area (Å²) in [6.45, 7) is 7.13. The van der Waals surface area contributed by atoms with Crippen LogP contribution in [0, 0.1) is 6.92 Å². The van der Waals surface area contributed by atoms with Gasteiger partial charge in [0.15, 0.2) is 11.5 Å². The second kappa shape index (κ2) is 6.56. The van der Waals surface area contributed by atoms with Crippen LogP contribution in [0.3, 0.4) is 0 Å². The van der Waals surface area contributed by atoms with Crippen molar-refractivity contribution in [1.29, 1.82) is 0 Å². The van der Waals surface area contributed by atoms with E-state index >= 15 is 0 Å². The van der Waals surface area contributed by atoms with E-state index in [1.54, 1.807) is 6.07 Å². The van der Waals surface area contributed by atoms with Crippen molar-refractivity contribution < 1.29 is 14.3 Å². The molecule has 0 saturated carbocycles. The molecule has 0 spiro atoms. The normalized spacial score (nSPS) is 13.5. The van der Waals surface area contributed by atoms with Crippen molar-refractivity contribution in [2.24, 2.45) is 0 Å². The van der Waals surface area contributed by atoms with Crippen molar-refractivity contribution >= 4 is 5.91 Å². The van der Waals surface area contributed by atoms with Crippen molar-refractivity contribution in [2.45, 2.75) is 32.7 Å². The molecule has 0 bridgehead atoms. The molecular formula is C20H23NO3. The van der Waals surface area contributed by atoms with E-state index in [4.69, 9.17) is 9.47 Å². The summed E-state index contributed by atoms with van der Waals surface area (Å²) >= 11 is 0. The fourth-order valence-corrected chi connectivity index (χ4v) is 2.96. The molecule has 1 aliphatic heterocycles. The third-order valence-corrected chi connectivity index (χ3v) is 4.16. The molecule has 4 heteroatoms. The largest absolute Gasteiger partial charge is 0.486 e. The molecule has 2 aromatic rings. The number of rotatable bonds is 4. The van der Waals surface area contributed by atoms with E-state index in [2.05, 4.69) is 24.4 Å². The summed E-state index contributed by atoms with van der Waals surface area (Å²) in [6.07, 6.45) is 0.762. The van der Waals surface area contributed by atoms with Gasteiger partial charge in [0.05, 0.1) is 5.56 Å². The highest BCUT2D eigenvalue weighted by molar-refractivity contribution is 5.98. The summed E-state index contributed by atoms with van der Waals surface area (Å²) in [5, 5.41) is 3.12. The first-order chi connectivity index (χ1) is 11.5. The number of hydrogen-bond donors (Lipinski definition) is 1. The van der Waals surface area contributed by atoms with Crippen LogP contribution in [0.15, 0.2) is 42.5 Å². The maximum absolute atomic E-state index is 12.8. The van der Waals surface area contributed by atoms with Crippen LogP contribution >= 0.6 is 0 Å². The maximum Gasteiger partial charge on any atom is 0.255 e. The summed E-state index contributed by atoms with van der Waals surface area (Å²) in [5.74, 6) is 1.02. The van der Waals surface area contributed by atoms with Crippen molar-refractivity contribution in [2.75, 3.05) is 13.2 Å². The van der Waals surface area contributed by atoms with Gasteiger partial charge in [0, 0.05) is 5.54 Å². The van der Waals surface area contributed by atoms with Crippen molar-refractivity contribution in [3.63, 3.8) is 0 Å². The number of aryl methyl sites for hydroxylation is 1. The highest BCUT2D eigenvalue weighted by atomic mass is 16.6. The number of carbonyl (C=O) groups excluding carboxylic acids is 1. The Hall–Kier alpha value is -2.49. The zero-order chi connectivity index (χ0) is 17.2. The van der Waals surface area contributed by atoms with Gasteiger partial charge in [-0.25, -0.2) is 0 Å². The second-order valence-corrected chi connectivity index (χ2v) is 6.77. The van der Waals surface area contributed by atoms with Gasteiger partial charge in [-0.05, 0) is 50.5 Å². The Morgan fingerprint density at radius 3 is 2.62 bits per heavy atom. The molecule has 0 fully saturated rings. The molecule has 0 aliphatic carbocycles. The summed E-state index contributed by atoms with van der Waals surface area (Å²) in [4.78, 5) is 12.8. The van der Waals surface area contributed by atoms with Gasteiger partial charge in [0.1, 0.15) is 13.2 Å². The van der Waals surface area contributed by atoms with Crippen molar-refractivity contribution in [1.82, 2.24) is 5.32 Å². The van der Waals surface area contributed by atoms with Gasteiger partial charge in [-0.3, -0.25) is 4.79 Å². The number of nitrogens with one attached hydrogen (secondary N) is 1. The summed E-state index contributed by atoms with van der Waals surface area (Å²) in [6, 6.07) is 13.7. The molecule has 1 heterocycles. The zero-order valence-electron chi connectivity index (χ0n) is 14.4. The average molecular weight is 325 g/mol. The van der Waals surface area contributed by atoms with Crippen LogP contribution in [0.1, 0.15) is 35.3 Å². The van der Waals surface area contributed by atoms with Crippen LogP contribution in [-0.2, 0) is 6.42 Å². The molecule has 126 valence electrons.